The van der Waals surface area contributed by atoms with E-state index in [-0.39, 0.29) is 25.0 Å². The molecule has 0 bridgehead atoms. The van der Waals surface area contributed by atoms with Crippen LogP contribution in [0, 0.1) is 0 Å². The van der Waals surface area contributed by atoms with Crippen LogP contribution in [0.3, 0.4) is 0 Å². The Morgan fingerprint density at radius 3 is 2.62 bits per heavy atom. The molecule has 0 aliphatic carbocycles. The summed E-state index contributed by atoms with van der Waals surface area (Å²) in [6.45, 7) is 1.63. The first-order chi connectivity index (χ1) is 5.70. The van der Waals surface area contributed by atoms with Gasteiger partial charge in [-0.25, -0.2) is 0 Å². The summed E-state index contributed by atoms with van der Waals surface area (Å²) in [7, 11) is 0. The third-order valence-electron chi connectivity index (χ3n) is 1.49. The number of carbonyl (C=O) groups excluding carboxylic acids is 1. The summed E-state index contributed by atoms with van der Waals surface area (Å²) in [6.07, 6.45) is 0. The molecule has 72 valence electrons. The minimum Gasteiger partial charge on any atom is -0.461 e. The van der Waals surface area contributed by atoms with Crippen molar-refractivity contribution in [2.24, 2.45) is 0 Å². The van der Waals surface area contributed by atoms with Gasteiger partial charge in [0.25, 0.3) is 0 Å². The number of anilines is 1. The predicted molar refractivity (Wildman–Crippen MR) is 53.6 cm³/mol. The van der Waals surface area contributed by atoms with E-state index in [1.54, 1.807) is 6.07 Å². The number of esters is 1. The average molecular weight is 202 g/mol. The summed E-state index contributed by atoms with van der Waals surface area (Å²) >= 11 is 0. The van der Waals surface area contributed by atoms with Crippen LogP contribution in [0.2, 0.25) is 0 Å². The topological polar surface area (TPSA) is 52.3 Å². The molecule has 13 heavy (non-hydrogen) atoms. The van der Waals surface area contributed by atoms with Gasteiger partial charge in [0.05, 0.1) is 0 Å². The molecule has 0 unspecified atom stereocenters. The third kappa shape index (κ3) is 3.80. The zero-order valence-electron chi connectivity index (χ0n) is 7.32. The number of nitrogen functional groups attached to an aromatic ring is 1. The molecule has 0 atom stereocenters. The van der Waals surface area contributed by atoms with Crippen LogP contribution in [0.25, 0.3) is 0 Å². The Balaban J connectivity index is 0.00000144. The minimum absolute atomic E-state index is 0. The second-order valence-corrected chi connectivity index (χ2v) is 2.48. The Morgan fingerprint density at radius 1 is 1.46 bits per heavy atom. The Kier molecular flexibility index (Phi) is 4.92. The molecule has 0 saturated carbocycles. The predicted octanol–water partition coefficient (Wildman–Crippen LogP) is 1.75. The number of hydrogen-bond donors (Lipinski definition) is 1. The van der Waals surface area contributed by atoms with Gasteiger partial charge in [0.2, 0.25) is 0 Å². The molecule has 0 fully saturated rings. The van der Waals surface area contributed by atoms with E-state index in [0.717, 1.165) is 5.56 Å². The second-order valence-electron chi connectivity index (χ2n) is 2.48. The quantitative estimate of drug-likeness (QED) is 0.586. The fourth-order valence-electron chi connectivity index (χ4n) is 0.845. The van der Waals surface area contributed by atoms with Gasteiger partial charge in [-0.2, -0.15) is 0 Å². The number of carbonyl (C=O) groups is 1. The third-order valence-corrected chi connectivity index (χ3v) is 1.49. The first-order valence-corrected chi connectivity index (χ1v) is 3.67. The molecule has 0 aliphatic rings. The second kappa shape index (κ2) is 5.43. The summed E-state index contributed by atoms with van der Waals surface area (Å²) in [5.41, 5.74) is 7.11. The number of nitrogens with two attached hydrogens (primary N) is 1. The van der Waals surface area contributed by atoms with Crippen molar-refractivity contribution in [3.05, 3.63) is 29.8 Å². The van der Waals surface area contributed by atoms with Crippen molar-refractivity contribution in [3.8, 4) is 0 Å². The number of ether oxygens (including phenoxy) is 1. The van der Waals surface area contributed by atoms with Crippen LogP contribution < -0.4 is 5.73 Å². The number of hydrogen-bond acceptors (Lipinski definition) is 3. The van der Waals surface area contributed by atoms with Crippen molar-refractivity contribution in [1.29, 1.82) is 0 Å². The Morgan fingerprint density at radius 2 is 2.08 bits per heavy atom. The Labute approximate surface area is 83.3 Å². The van der Waals surface area contributed by atoms with Gasteiger partial charge in [-0.15, -0.1) is 12.4 Å². The SMILES string of the molecule is CC(=O)OCc1ccccc1N.Cl. The van der Waals surface area contributed by atoms with Crippen molar-refractivity contribution in [2.45, 2.75) is 13.5 Å². The highest BCUT2D eigenvalue weighted by Crippen LogP contribution is 2.11. The molecule has 1 aromatic carbocycles. The molecule has 0 saturated heterocycles. The summed E-state index contributed by atoms with van der Waals surface area (Å²) in [6, 6.07) is 7.30. The van der Waals surface area contributed by atoms with Crippen molar-refractivity contribution in [3.63, 3.8) is 0 Å². The molecule has 2 N–H and O–H groups in total. The molecule has 0 heterocycles. The molecule has 0 aromatic heterocycles. The first-order valence-electron chi connectivity index (χ1n) is 3.67. The summed E-state index contributed by atoms with van der Waals surface area (Å²) in [4.78, 5) is 10.5. The monoisotopic (exact) mass is 201 g/mol. The van der Waals surface area contributed by atoms with Gasteiger partial charge in [-0.3, -0.25) is 4.79 Å². The lowest BCUT2D eigenvalue weighted by Crippen LogP contribution is -2.01. The highest BCUT2D eigenvalue weighted by atomic mass is 35.5. The summed E-state index contributed by atoms with van der Waals surface area (Å²) in [5.74, 6) is -0.293. The molecule has 1 rings (SSSR count). The number of benzene rings is 1. The lowest BCUT2D eigenvalue weighted by Gasteiger charge is -2.04. The van der Waals surface area contributed by atoms with Gasteiger partial charge < -0.3 is 10.5 Å². The Bertz CT molecular complexity index is 289. The number of rotatable bonds is 2. The van der Waals surface area contributed by atoms with Gasteiger partial charge in [-0.1, -0.05) is 18.2 Å². The van der Waals surface area contributed by atoms with Crippen LogP contribution in [-0.4, -0.2) is 5.97 Å². The lowest BCUT2D eigenvalue weighted by molar-refractivity contribution is -0.142. The smallest absolute Gasteiger partial charge is 0.302 e. The van der Waals surface area contributed by atoms with Crippen molar-refractivity contribution >= 4 is 24.1 Å². The van der Waals surface area contributed by atoms with Crippen LogP contribution in [0.5, 0.6) is 0 Å². The highest BCUT2D eigenvalue weighted by Gasteiger charge is 1.98. The lowest BCUT2D eigenvalue weighted by atomic mass is 10.2. The van der Waals surface area contributed by atoms with Crippen LogP contribution >= 0.6 is 12.4 Å². The van der Waals surface area contributed by atoms with Crippen molar-refractivity contribution in [2.75, 3.05) is 5.73 Å². The van der Waals surface area contributed by atoms with E-state index in [1.807, 2.05) is 18.2 Å². The normalized spacial score (nSPS) is 8.69. The van der Waals surface area contributed by atoms with Crippen molar-refractivity contribution in [1.82, 2.24) is 0 Å². The van der Waals surface area contributed by atoms with Crippen LogP contribution in [-0.2, 0) is 16.1 Å². The molecule has 0 amide bonds. The van der Waals surface area contributed by atoms with Crippen LogP contribution in [0.15, 0.2) is 24.3 Å². The fraction of sp³-hybridized carbons (Fsp3) is 0.222. The standard InChI is InChI=1S/C9H11NO2.ClH/c1-7(11)12-6-8-4-2-3-5-9(8)10;/h2-5H,6,10H2,1H3;1H. The molecular weight excluding hydrogens is 190 g/mol. The highest BCUT2D eigenvalue weighted by molar-refractivity contribution is 5.85. The van der Waals surface area contributed by atoms with E-state index >= 15 is 0 Å². The fourth-order valence-corrected chi connectivity index (χ4v) is 0.845. The van der Waals surface area contributed by atoms with Gasteiger partial charge in [0, 0.05) is 18.2 Å². The zero-order valence-corrected chi connectivity index (χ0v) is 8.14. The van der Waals surface area contributed by atoms with Crippen LogP contribution in [0.1, 0.15) is 12.5 Å². The average Bonchev–Trinajstić information content (AvgIpc) is 2.03. The minimum atomic E-state index is -0.293. The van der Waals surface area contributed by atoms with E-state index in [1.165, 1.54) is 6.92 Å². The maximum atomic E-state index is 10.5. The first kappa shape index (κ1) is 11.8. The molecule has 0 radical (unpaired) electrons. The molecule has 0 spiro atoms. The molecule has 3 nitrogen and oxygen atoms in total. The van der Waals surface area contributed by atoms with Gasteiger partial charge in [0.1, 0.15) is 6.61 Å². The molecule has 1 aromatic rings. The molecular formula is C9H12ClNO2. The van der Waals surface area contributed by atoms with E-state index < -0.39 is 0 Å². The van der Waals surface area contributed by atoms with Crippen LogP contribution in [0.4, 0.5) is 5.69 Å². The maximum Gasteiger partial charge on any atom is 0.302 e. The largest absolute Gasteiger partial charge is 0.461 e. The van der Waals surface area contributed by atoms with Gasteiger partial charge in [0.15, 0.2) is 0 Å². The van der Waals surface area contributed by atoms with E-state index in [9.17, 15) is 4.79 Å². The Hall–Kier alpha value is -1.22. The van der Waals surface area contributed by atoms with E-state index in [4.69, 9.17) is 10.5 Å². The number of para-hydroxylation sites is 1. The number of halogens is 1. The zero-order chi connectivity index (χ0) is 8.97. The van der Waals surface area contributed by atoms with Crippen molar-refractivity contribution < 1.29 is 9.53 Å². The van der Waals surface area contributed by atoms with Gasteiger partial charge >= 0.3 is 5.97 Å². The maximum absolute atomic E-state index is 10.5. The summed E-state index contributed by atoms with van der Waals surface area (Å²) in [5, 5.41) is 0. The van der Waals surface area contributed by atoms with Gasteiger partial charge in [-0.05, 0) is 6.07 Å². The molecule has 4 heteroatoms. The van der Waals surface area contributed by atoms with E-state index in [0.29, 0.717) is 5.69 Å². The molecule has 0 aliphatic heterocycles. The summed E-state index contributed by atoms with van der Waals surface area (Å²) < 4.78 is 4.79. The van der Waals surface area contributed by atoms with E-state index in [2.05, 4.69) is 0 Å².